The van der Waals surface area contributed by atoms with Crippen molar-refractivity contribution in [1.29, 1.82) is 0 Å². The van der Waals surface area contributed by atoms with E-state index in [-0.39, 0.29) is 5.78 Å². The van der Waals surface area contributed by atoms with Gasteiger partial charge in [0.1, 0.15) is 11.5 Å². The van der Waals surface area contributed by atoms with E-state index < -0.39 is 0 Å². The summed E-state index contributed by atoms with van der Waals surface area (Å²) in [7, 11) is 3.02. The Hall–Kier alpha value is -1.71. The minimum Gasteiger partial charge on any atom is -0.496 e. The number of ether oxygens (including phenoxy) is 2. The first-order valence-corrected chi connectivity index (χ1v) is 6.54. The van der Waals surface area contributed by atoms with E-state index in [0.717, 1.165) is 0 Å². The summed E-state index contributed by atoms with van der Waals surface area (Å²) in [6.07, 6.45) is 0. The molecule has 0 aliphatic heterocycles. The zero-order valence-corrected chi connectivity index (χ0v) is 12.5. The zero-order valence-electron chi connectivity index (χ0n) is 10.9. The largest absolute Gasteiger partial charge is 0.496 e. The second kappa shape index (κ2) is 6.16. The molecule has 0 aliphatic rings. The Labute approximate surface area is 127 Å². The van der Waals surface area contributed by atoms with Gasteiger partial charge in [-0.3, -0.25) is 4.79 Å². The summed E-state index contributed by atoms with van der Waals surface area (Å²) in [6.45, 7) is 0. The van der Waals surface area contributed by atoms with E-state index in [1.54, 1.807) is 36.4 Å². The van der Waals surface area contributed by atoms with Gasteiger partial charge in [-0.1, -0.05) is 23.2 Å². The molecule has 0 amide bonds. The predicted octanol–water partition coefficient (Wildman–Crippen LogP) is 4.24. The molecule has 0 radical (unpaired) electrons. The molecule has 2 aromatic rings. The van der Waals surface area contributed by atoms with Crippen molar-refractivity contribution in [3.8, 4) is 11.5 Å². The van der Waals surface area contributed by atoms with Crippen LogP contribution >= 0.6 is 23.2 Å². The number of methoxy groups -OCH3 is 2. The van der Waals surface area contributed by atoms with Crippen molar-refractivity contribution in [2.45, 2.75) is 0 Å². The molecule has 0 spiro atoms. The minimum absolute atomic E-state index is 0.214. The van der Waals surface area contributed by atoms with Gasteiger partial charge < -0.3 is 9.47 Å². The van der Waals surface area contributed by atoms with Crippen LogP contribution in [-0.4, -0.2) is 20.0 Å². The Morgan fingerprint density at radius 2 is 1.60 bits per heavy atom. The normalized spacial score (nSPS) is 10.2. The highest BCUT2D eigenvalue weighted by atomic mass is 35.5. The van der Waals surface area contributed by atoms with E-state index in [0.29, 0.717) is 32.7 Å². The Kier molecular flexibility index (Phi) is 4.53. The minimum atomic E-state index is -0.214. The summed E-state index contributed by atoms with van der Waals surface area (Å²) in [5.41, 5.74) is 0.831. The monoisotopic (exact) mass is 310 g/mol. The van der Waals surface area contributed by atoms with Gasteiger partial charge in [-0.05, 0) is 36.4 Å². The molecule has 104 valence electrons. The lowest BCUT2D eigenvalue weighted by atomic mass is 10.0. The first-order chi connectivity index (χ1) is 9.56. The quantitative estimate of drug-likeness (QED) is 0.792. The van der Waals surface area contributed by atoms with Crippen LogP contribution in [0.25, 0.3) is 0 Å². The molecule has 0 saturated carbocycles. The standard InChI is InChI=1S/C15H12Cl2O3/c1-19-13-6-4-10(16)8-11(13)15(18)9-3-5-14(20-2)12(17)7-9/h3-8H,1-2H3. The fourth-order valence-electron chi connectivity index (χ4n) is 1.82. The number of hydrogen-bond donors (Lipinski definition) is 0. The smallest absolute Gasteiger partial charge is 0.196 e. The molecule has 0 N–H and O–H groups in total. The molecule has 3 nitrogen and oxygen atoms in total. The van der Waals surface area contributed by atoms with Crippen LogP contribution in [0.15, 0.2) is 36.4 Å². The van der Waals surface area contributed by atoms with Gasteiger partial charge >= 0.3 is 0 Å². The van der Waals surface area contributed by atoms with Gasteiger partial charge in [-0.2, -0.15) is 0 Å². The van der Waals surface area contributed by atoms with Crippen molar-refractivity contribution in [1.82, 2.24) is 0 Å². The first kappa shape index (κ1) is 14.7. The number of carbonyl (C=O) groups is 1. The molecule has 5 heteroatoms. The number of ketones is 1. The maximum atomic E-state index is 12.5. The Morgan fingerprint density at radius 1 is 0.950 bits per heavy atom. The average molecular weight is 311 g/mol. The highest BCUT2D eigenvalue weighted by Gasteiger charge is 2.16. The van der Waals surface area contributed by atoms with Gasteiger partial charge in [0.15, 0.2) is 5.78 Å². The maximum absolute atomic E-state index is 12.5. The van der Waals surface area contributed by atoms with E-state index in [1.165, 1.54) is 14.2 Å². The van der Waals surface area contributed by atoms with Gasteiger partial charge in [0.25, 0.3) is 0 Å². The summed E-state index contributed by atoms with van der Waals surface area (Å²) < 4.78 is 10.2. The lowest BCUT2D eigenvalue weighted by Gasteiger charge is -2.09. The van der Waals surface area contributed by atoms with E-state index in [1.807, 2.05) is 0 Å². The van der Waals surface area contributed by atoms with Crippen LogP contribution in [0, 0.1) is 0 Å². The molecular formula is C15H12Cl2O3. The SMILES string of the molecule is COc1ccc(C(=O)c2cc(Cl)ccc2OC)cc1Cl. The topological polar surface area (TPSA) is 35.5 Å². The van der Waals surface area contributed by atoms with Crippen molar-refractivity contribution < 1.29 is 14.3 Å². The summed E-state index contributed by atoms with van der Waals surface area (Å²) in [6, 6.07) is 9.74. The van der Waals surface area contributed by atoms with E-state index in [2.05, 4.69) is 0 Å². The first-order valence-electron chi connectivity index (χ1n) is 5.78. The second-order valence-corrected chi connectivity index (χ2v) is 4.87. The van der Waals surface area contributed by atoms with Crippen LogP contribution in [0.5, 0.6) is 11.5 Å². The van der Waals surface area contributed by atoms with Crippen LogP contribution in [0.1, 0.15) is 15.9 Å². The molecule has 0 aromatic heterocycles. The molecule has 0 saturated heterocycles. The Morgan fingerprint density at radius 3 is 2.20 bits per heavy atom. The molecule has 0 unspecified atom stereocenters. The van der Waals surface area contributed by atoms with Crippen molar-refractivity contribution in [3.63, 3.8) is 0 Å². The highest BCUT2D eigenvalue weighted by molar-refractivity contribution is 6.33. The van der Waals surface area contributed by atoms with Gasteiger partial charge in [-0.25, -0.2) is 0 Å². The summed E-state index contributed by atoms with van der Waals surface area (Å²) in [5, 5.41) is 0.841. The number of rotatable bonds is 4. The van der Waals surface area contributed by atoms with Crippen LogP contribution < -0.4 is 9.47 Å². The van der Waals surface area contributed by atoms with Crippen LogP contribution in [0.3, 0.4) is 0 Å². The highest BCUT2D eigenvalue weighted by Crippen LogP contribution is 2.29. The van der Waals surface area contributed by atoms with Gasteiger partial charge in [0.2, 0.25) is 0 Å². The van der Waals surface area contributed by atoms with Crippen molar-refractivity contribution in [2.24, 2.45) is 0 Å². The van der Waals surface area contributed by atoms with Crippen LogP contribution in [0.2, 0.25) is 10.0 Å². The van der Waals surface area contributed by atoms with Crippen molar-refractivity contribution >= 4 is 29.0 Å². The van der Waals surface area contributed by atoms with Gasteiger partial charge in [0.05, 0.1) is 24.8 Å². The lowest BCUT2D eigenvalue weighted by molar-refractivity contribution is 0.103. The van der Waals surface area contributed by atoms with Crippen LogP contribution in [0.4, 0.5) is 0 Å². The molecule has 2 rings (SSSR count). The predicted molar refractivity (Wildman–Crippen MR) is 79.4 cm³/mol. The molecule has 0 bridgehead atoms. The third-order valence-electron chi connectivity index (χ3n) is 2.82. The Bertz CT molecular complexity index is 654. The zero-order chi connectivity index (χ0) is 14.7. The lowest BCUT2D eigenvalue weighted by Crippen LogP contribution is -2.04. The number of carbonyl (C=O) groups excluding carboxylic acids is 1. The van der Waals surface area contributed by atoms with E-state index in [9.17, 15) is 4.79 Å². The molecule has 0 fully saturated rings. The van der Waals surface area contributed by atoms with Crippen molar-refractivity contribution in [2.75, 3.05) is 14.2 Å². The number of hydrogen-bond acceptors (Lipinski definition) is 3. The summed E-state index contributed by atoms with van der Waals surface area (Å²) >= 11 is 12.0. The molecule has 20 heavy (non-hydrogen) atoms. The molecule has 2 aromatic carbocycles. The summed E-state index contributed by atoms with van der Waals surface area (Å²) in [5.74, 6) is 0.765. The molecule has 0 heterocycles. The number of halogens is 2. The molecular weight excluding hydrogens is 299 g/mol. The fourth-order valence-corrected chi connectivity index (χ4v) is 2.25. The fraction of sp³-hybridized carbons (Fsp3) is 0.133. The number of benzene rings is 2. The second-order valence-electron chi connectivity index (χ2n) is 4.02. The average Bonchev–Trinajstić information content (AvgIpc) is 2.46. The van der Waals surface area contributed by atoms with E-state index in [4.69, 9.17) is 32.7 Å². The van der Waals surface area contributed by atoms with Crippen LogP contribution in [-0.2, 0) is 0 Å². The van der Waals surface area contributed by atoms with Crippen molar-refractivity contribution in [3.05, 3.63) is 57.6 Å². The molecule has 0 aliphatic carbocycles. The van der Waals surface area contributed by atoms with Gasteiger partial charge in [0, 0.05) is 10.6 Å². The molecule has 0 atom stereocenters. The Balaban J connectivity index is 2.46. The third kappa shape index (κ3) is 2.89. The maximum Gasteiger partial charge on any atom is 0.196 e. The third-order valence-corrected chi connectivity index (χ3v) is 3.35. The van der Waals surface area contributed by atoms with Gasteiger partial charge in [-0.15, -0.1) is 0 Å². The summed E-state index contributed by atoms with van der Waals surface area (Å²) in [4.78, 5) is 12.5. The van der Waals surface area contributed by atoms with E-state index >= 15 is 0 Å².